The van der Waals surface area contributed by atoms with E-state index in [4.69, 9.17) is 5.73 Å². The quantitative estimate of drug-likeness (QED) is 0.875. The molecule has 3 nitrogen and oxygen atoms in total. The summed E-state index contributed by atoms with van der Waals surface area (Å²) in [7, 11) is -3.45. The average molecular weight is 279 g/mol. The smallest absolute Gasteiger partial charge is 0.158 e. The number of sulfone groups is 1. The van der Waals surface area contributed by atoms with Gasteiger partial charge in [-0.05, 0) is 17.7 Å². The molecule has 0 aliphatic heterocycles. The molecular formula is C14H14FNO2S. The molecule has 0 aromatic heterocycles. The lowest BCUT2D eigenvalue weighted by Crippen LogP contribution is -2.10. The van der Waals surface area contributed by atoms with Gasteiger partial charge in [-0.25, -0.2) is 12.8 Å². The van der Waals surface area contributed by atoms with Gasteiger partial charge >= 0.3 is 0 Å². The van der Waals surface area contributed by atoms with E-state index in [0.29, 0.717) is 5.56 Å². The highest BCUT2D eigenvalue weighted by atomic mass is 32.2. The van der Waals surface area contributed by atoms with E-state index in [2.05, 4.69) is 0 Å². The van der Waals surface area contributed by atoms with Crippen molar-refractivity contribution < 1.29 is 12.8 Å². The maximum Gasteiger partial charge on any atom is 0.158 e. The Labute approximate surface area is 111 Å². The molecule has 0 bridgehead atoms. The molecule has 0 spiro atoms. The van der Waals surface area contributed by atoms with Gasteiger partial charge in [-0.15, -0.1) is 0 Å². The van der Waals surface area contributed by atoms with E-state index in [1.54, 1.807) is 24.3 Å². The summed E-state index contributed by atoms with van der Waals surface area (Å²) in [5.41, 5.74) is 6.50. The monoisotopic (exact) mass is 279 g/mol. The second-order valence-corrected chi connectivity index (χ2v) is 6.39. The molecule has 100 valence electrons. The maximum absolute atomic E-state index is 13.6. The van der Waals surface area contributed by atoms with Crippen molar-refractivity contribution in [2.45, 2.75) is 11.5 Å². The molecule has 2 rings (SSSR count). The van der Waals surface area contributed by atoms with Gasteiger partial charge in [0.05, 0.1) is 11.5 Å². The number of nitrogens with two attached hydrogens (primary N) is 1. The van der Waals surface area contributed by atoms with E-state index >= 15 is 0 Å². The number of nitrogen functional groups attached to an aromatic ring is 1. The van der Waals surface area contributed by atoms with Crippen molar-refractivity contribution in [1.82, 2.24) is 0 Å². The standard InChI is InChI=1S/C14H14FNO2S/c15-13-7-4-8-14(16)12(13)10-19(17,18)9-11-5-2-1-3-6-11/h1-8H,9-10,16H2. The van der Waals surface area contributed by atoms with Crippen LogP contribution in [0.1, 0.15) is 11.1 Å². The van der Waals surface area contributed by atoms with Crippen LogP contribution in [0.15, 0.2) is 48.5 Å². The Morgan fingerprint density at radius 2 is 1.63 bits per heavy atom. The van der Waals surface area contributed by atoms with Gasteiger partial charge in [0.25, 0.3) is 0 Å². The first-order chi connectivity index (χ1) is 8.98. The van der Waals surface area contributed by atoms with Crippen molar-refractivity contribution in [3.05, 3.63) is 65.5 Å². The zero-order valence-corrected chi connectivity index (χ0v) is 11.0. The van der Waals surface area contributed by atoms with Crippen LogP contribution in [0, 0.1) is 5.82 Å². The fourth-order valence-electron chi connectivity index (χ4n) is 1.83. The summed E-state index contributed by atoms with van der Waals surface area (Å²) in [6, 6.07) is 13.0. The van der Waals surface area contributed by atoms with Gasteiger partial charge in [0, 0.05) is 11.3 Å². The lowest BCUT2D eigenvalue weighted by molar-refractivity contribution is 0.586. The van der Waals surface area contributed by atoms with Crippen LogP contribution in [0.3, 0.4) is 0 Å². The number of hydrogen-bond donors (Lipinski definition) is 1. The largest absolute Gasteiger partial charge is 0.398 e. The van der Waals surface area contributed by atoms with E-state index in [1.165, 1.54) is 18.2 Å². The SMILES string of the molecule is Nc1cccc(F)c1CS(=O)(=O)Cc1ccccc1. The first-order valence-corrected chi connectivity index (χ1v) is 7.57. The highest BCUT2D eigenvalue weighted by Gasteiger charge is 2.17. The van der Waals surface area contributed by atoms with E-state index < -0.39 is 15.7 Å². The van der Waals surface area contributed by atoms with Crippen molar-refractivity contribution in [3.8, 4) is 0 Å². The van der Waals surface area contributed by atoms with Crippen molar-refractivity contribution in [2.24, 2.45) is 0 Å². The molecule has 0 saturated carbocycles. The highest BCUT2D eigenvalue weighted by molar-refractivity contribution is 7.89. The second-order valence-electron chi connectivity index (χ2n) is 4.33. The average Bonchev–Trinajstić information content (AvgIpc) is 2.35. The summed E-state index contributed by atoms with van der Waals surface area (Å²) < 4.78 is 37.7. The number of benzene rings is 2. The fraction of sp³-hybridized carbons (Fsp3) is 0.143. The van der Waals surface area contributed by atoms with Gasteiger partial charge in [-0.1, -0.05) is 36.4 Å². The van der Waals surface area contributed by atoms with E-state index in [-0.39, 0.29) is 22.8 Å². The molecule has 2 aromatic carbocycles. The Hall–Kier alpha value is -1.88. The third kappa shape index (κ3) is 3.54. The lowest BCUT2D eigenvalue weighted by atomic mass is 10.2. The predicted octanol–water partition coefficient (Wildman–Crippen LogP) is 2.52. The van der Waals surface area contributed by atoms with Crippen LogP contribution in [-0.4, -0.2) is 8.42 Å². The van der Waals surface area contributed by atoms with Gasteiger partial charge in [0.1, 0.15) is 5.82 Å². The van der Waals surface area contributed by atoms with Crippen molar-refractivity contribution >= 4 is 15.5 Å². The summed E-state index contributed by atoms with van der Waals surface area (Å²) in [5.74, 6) is -1.10. The fourth-order valence-corrected chi connectivity index (χ4v) is 3.37. The Balaban J connectivity index is 2.23. The van der Waals surface area contributed by atoms with Gasteiger partial charge in [0.2, 0.25) is 0 Å². The normalized spacial score (nSPS) is 11.4. The van der Waals surface area contributed by atoms with E-state index in [9.17, 15) is 12.8 Å². The number of rotatable bonds is 4. The zero-order chi connectivity index (χ0) is 13.9. The summed E-state index contributed by atoms with van der Waals surface area (Å²) in [6.07, 6.45) is 0. The van der Waals surface area contributed by atoms with Gasteiger partial charge in [0.15, 0.2) is 9.84 Å². The van der Waals surface area contributed by atoms with Gasteiger partial charge < -0.3 is 5.73 Å². The minimum absolute atomic E-state index is 0.0402. The predicted molar refractivity (Wildman–Crippen MR) is 73.6 cm³/mol. The minimum atomic E-state index is -3.45. The molecular weight excluding hydrogens is 265 g/mol. The van der Waals surface area contributed by atoms with E-state index in [0.717, 1.165) is 0 Å². The number of anilines is 1. The van der Waals surface area contributed by atoms with Gasteiger partial charge in [-0.2, -0.15) is 0 Å². The molecule has 2 N–H and O–H groups in total. The Morgan fingerprint density at radius 3 is 2.26 bits per heavy atom. The van der Waals surface area contributed by atoms with Crippen LogP contribution in [0.5, 0.6) is 0 Å². The van der Waals surface area contributed by atoms with Crippen LogP contribution < -0.4 is 5.73 Å². The molecule has 0 atom stereocenters. The minimum Gasteiger partial charge on any atom is -0.398 e. The van der Waals surface area contributed by atoms with Crippen molar-refractivity contribution in [1.29, 1.82) is 0 Å². The highest BCUT2D eigenvalue weighted by Crippen LogP contribution is 2.20. The van der Waals surface area contributed by atoms with Crippen molar-refractivity contribution in [2.75, 3.05) is 5.73 Å². The van der Waals surface area contributed by atoms with Crippen LogP contribution in [0.4, 0.5) is 10.1 Å². The molecule has 0 heterocycles. The topological polar surface area (TPSA) is 60.2 Å². The molecule has 0 unspecified atom stereocenters. The summed E-state index contributed by atoms with van der Waals surface area (Å²) in [4.78, 5) is 0. The van der Waals surface area contributed by atoms with Crippen LogP contribution in [0.2, 0.25) is 0 Å². The third-order valence-corrected chi connectivity index (χ3v) is 4.25. The van der Waals surface area contributed by atoms with Crippen LogP contribution >= 0.6 is 0 Å². The lowest BCUT2D eigenvalue weighted by Gasteiger charge is -2.08. The molecule has 0 saturated heterocycles. The molecule has 5 heteroatoms. The Morgan fingerprint density at radius 1 is 0.947 bits per heavy atom. The molecule has 0 aliphatic carbocycles. The maximum atomic E-state index is 13.6. The van der Waals surface area contributed by atoms with Crippen LogP contribution in [-0.2, 0) is 21.3 Å². The van der Waals surface area contributed by atoms with E-state index in [1.807, 2.05) is 6.07 Å². The molecule has 0 radical (unpaired) electrons. The molecule has 2 aromatic rings. The molecule has 0 fully saturated rings. The second kappa shape index (κ2) is 5.40. The first kappa shape index (κ1) is 13.5. The molecule has 0 amide bonds. The van der Waals surface area contributed by atoms with Crippen LogP contribution in [0.25, 0.3) is 0 Å². The summed E-state index contributed by atoms with van der Waals surface area (Å²) >= 11 is 0. The van der Waals surface area contributed by atoms with Gasteiger partial charge in [-0.3, -0.25) is 0 Å². The third-order valence-electron chi connectivity index (χ3n) is 2.75. The first-order valence-electron chi connectivity index (χ1n) is 5.75. The Kier molecular flexibility index (Phi) is 3.85. The summed E-state index contributed by atoms with van der Waals surface area (Å²) in [5, 5.41) is 0. The Bertz CT molecular complexity index is 649. The molecule has 19 heavy (non-hydrogen) atoms. The molecule has 0 aliphatic rings. The number of halogens is 1. The number of hydrogen-bond acceptors (Lipinski definition) is 3. The summed E-state index contributed by atoms with van der Waals surface area (Å²) in [6.45, 7) is 0. The van der Waals surface area contributed by atoms with Crippen molar-refractivity contribution in [3.63, 3.8) is 0 Å². The zero-order valence-electron chi connectivity index (χ0n) is 10.2.